The van der Waals surface area contributed by atoms with Gasteiger partial charge in [0, 0.05) is 10.5 Å². The lowest BCUT2D eigenvalue weighted by Gasteiger charge is -2.24. The predicted molar refractivity (Wildman–Crippen MR) is 123 cm³/mol. The van der Waals surface area contributed by atoms with E-state index in [1.54, 1.807) is 12.1 Å². The lowest BCUT2D eigenvalue weighted by atomic mass is 10.1. The van der Waals surface area contributed by atoms with Crippen LogP contribution in [0.4, 0.5) is 0 Å². The second kappa shape index (κ2) is 13.2. The number of carbonyl (C=O) groups excluding carboxylic acids is 2. The average Bonchev–Trinajstić information content (AvgIpc) is 2.71. The molecule has 1 amide bonds. The van der Waals surface area contributed by atoms with Gasteiger partial charge in [-0.25, -0.2) is 4.79 Å². The summed E-state index contributed by atoms with van der Waals surface area (Å²) >= 11 is 1.49. The lowest BCUT2D eigenvalue weighted by molar-refractivity contribution is -0.145. The molecule has 10 heteroatoms. The quantitative estimate of drug-likeness (QED) is 0.252. The summed E-state index contributed by atoms with van der Waals surface area (Å²) in [5.74, 6) is -1.54. The molecular formula is C22H34N2O7S. The van der Waals surface area contributed by atoms with E-state index in [1.807, 2.05) is 26.8 Å². The monoisotopic (exact) mass is 470 g/mol. The molecule has 0 radical (unpaired) electrons. The maximum atomic E-state index is 12.7. The summed E-state index contributed by atoms with van der Waals surface area (Å²) in [4.78, 5) is 36.0. The Balaban J connectivity index is 2.68. The first-order valence-electron chi connectivity index (χ1n) is 10.3. The van der Waals surface area contributed by atoms with Gasteiger partial charge in [-0.05, 0) is 37.1 Å². The summed E-state index contributed by atoms with van der Waals surface area (Å²) in [5, 5.41) is 24.6. The van der Waals surface area contributed by atoms with Crippen molar-refractivity contribution in [2.24, 2.45) is 0 Å². The van der Waals surface area contributed by atoms with E-state index in [0.29, 0.717) is 30.9 Å². The van der Waals surface area contributed by atoms with Crippen molar-refractivity contribution in [2.45, 2.75) is 56.9 Å². The van der Waals surface area contributed by atoms with Gasteiger partial charge in [0.05, 0.1) is 26.7 Å². The summed E-state index contributed by atoms with van der Waals surface area (Å²) in [6.07, 6.45) is 0.796. The summed E-state index contributed by atoms with van der Waals surface area (Å²) in [7, 11) is 2.71. The molecule has 0 aliphatic carbocycles. The Morgan fingerprint density at radius 3 is 2.38 bits per heavy atom. The number of nitrogens with one attached hydrogen (secondary N) is 2. The first kappa shape index (κ1) is 27.6. The van der Waals surface area contributed by atoms with Crippen LogP contribution in [-0.2, 0) is 25.5 Å². The zero-order valence-corrected chi connectivity index (χ0v) is 20.1. The normalized spacial score (nSPS) is 13.2. The molecular weight excluding hydrogens is 436 g/mol. The van der Waals surface area contributed by atoms with Crippen molar-refractivity contribution in [1.82, 2.24) is 10.6 Å². The Labute approximate surface area is 193 Å². The Hall–Kier alpha value is -2.46. The molecule has 32 heavy (non-hydrogen) atoms. The molecule has 0 bridgehead atoms. The van der Waals surface area contributed by atoms with Gasteiger partial charge in [0.25, 0.3) is 0 Å². The summed E-state index contributed by atoms with van der Waals surface area (Å²) < 4.78 is 9.68. The number of amides is 1. The molecule has 0 saturated heterocycles. The number of carboxylic acid groups (broad SMARTS) is 1. The number of aromatic hydroxyl groups is 1. The standard InChI is InChI=1S/C22H34N2O7S/c1-22(2,3)32-13-16(21(29)31-5)24-20(28)15(12-19(26)27)23-10-6-7-14-8-9-18(30-4)17(25)11-14/h8-9,11,15-16,23,25H,6-7,10,12-13H2,1-5H3,(H,24,28)(H,26,27)/t15-,16-/m0/s1. The Morgan fingerprint density at radius 1 is 1.16 bits per heavy atom. The van der Waals surface area contributed by atoms with Gasteiger partial charge in [0.1, 0.15) is 6.04 Å². The number of methoxy groups -OCH3 is 2. The molecule has 0 heterocycles. The number of rotatable bonds is 13. The van der Waals surface area contributed by atoms with Gasteiger partial charge in [-0.15, -0.1) is 0 Å². The minimum atomic E-state index is -1.13. The maximum absolute atomic E-state index is 12.7. The number of aryl methyl sites for hydroxylation is 1. The zero-order chi connectivity index (χ0) is 24.3. The molecule has 0 unspecified atom stereocenters. The van der Waals surface area contributed by atoms with E-state index in [-0.39, 0.29) is 10.5 Å². The summed E-state index contributed by atoms with van der Waals surface area (Å²) in [6.45, 7) is 6.35. The number of hydrogen-bond donors (Lipinski definition) is 4. The minimum Gasteiger partial charge on any atom is -0.504 e. The highest BCUT2D eigenvalue weighted by Crippen LogP contribution is 2.26. The van der Waals surface area contributed by atoms with Crippen LogP contribution in [0.3, 0.4) is 0 Å². The van der Waals surface area contributed by atoms with E-state index < -0.39 is 36.4 Å². The fraction of sp³-hybridized carbons (Fsp3) is 0.591. The SMILES string of the molecule is COC(=O)[C@H](CSC(C)(C)C)NC(=O)[C@H](CC(=O)O)NCCCc1ccc(OC)c(O)c1. The highest BCUT2D eigenvalue weighted by molar-refractivity contribution is 8.00. The van der Waals surface area contributed by atoms with Crippen LogP contribution in [0.1, 0.15) is 39.2 Å². The number of phenols is 1. The molecule has 0 aliphatic rings. The number of hydrogen-bond acceptors (Lipinski definition) is 8. The van der Waals surface area contributed by atoms with Gasteiger partial charge >= 0.3 is 11.9 Å². The van der Waals surface area contributed by atoms with E-state index >= 15 is 0 Å². The molecule has 1 aromatic carbocycles. The number of esters is 1. The Kier molecular flexibility index (Phi) is 11.3. The topological polar surface area (TPSA) is 134 Å². The van der Waals surface area contributed by atoms with Crippen molar-refractivity contribution in [3.05, 3.63) is 23.8 Å². The molecule has 0 aliphatic heterocycles. The van der Waals surface area contributed by atoms with Crippen molar-refractivity contribution < 1.29 is 34.1 Å². The van der Waals surface area contributed by atoms with Crippen molar-refractivity contribution in [2.75, 3.05) is 26.5 Å². The van der Waals surface area contributed by atoms with Gasteiger partial charge < -0.3 is 30.3 Å². The van der Waals surface area contributed by atoms with Crippen LogP contribution >= 0.6 is 11.8 Å². The molecule has 0 aromatic heterocycles. The molecule has 180 valence electrons. The first-order valence-corrected chi connectivity index (χ1v) is 11.3. The number of carboxylic acids is 1. The fourth-order valence-corrected chi connectivity index (χ4v) is 3.69. The smallest absolute Gasteiger partial charge is 0.329 e. The van der Waals surface area contributed by atoms with Crippen LogP contribution in [0.15, 0.2) is 18.2 Å². The maximum Gasteiger partial charge on any atom is 0.329 e. The molecule has 0 spiro atoms. The highest BCUT2D eigenvalue weighted by atomic mass is 32.2. The minimum absolute atomic E-state index is 0.0445. The number of ether oxygens (including phenoxy) is 2. The Morgan fingerprint density at radius 2 is 1.84 bits per heavy atom. The zero-order valence-electron chi connectivity index (χ0n) is 19.3. The van der Waals surface area contributed by atoms with Crippen LogP contribution < -0.4 is 15.4 Å². The van der Waals surface area contributed by atoms with Crippen LogP contribution in [0.5, 0.6) is 11.5 Å². The fourth-order valence-electron chi connectivity index (χ4n) is 2.81. The van der Waals surface area contributed by atoms with E-state index in [4.69, 9.17) is 9.47 Å². The number of aliphatic carboxylic acids is 1. The first-order chi connectivity index (χ1) is 15.0. The van der Waals surface area contributed by atoms with Crippen molar-refractivity contribution in [3.8, 4) is 11.5 Å². The number of phenolic OH excluding ortho intramolecular Hbond substituents is 1. The van der Waals surface area contributed by atoms with Crippen LogP contribution in [-0.4, -0.2) is 71.4 Å². The number of carbonyl (C=O) groups is 3. The number of thioether (sulfide) groups is 1. The summed E-state index contributed by atoms with van der Waals surface area (Å²) in [5.41, 5.74) is 0.884. The molecule has 1 rings (SSSR count). The second-order valence-electron chi connectivity index (χ2n) is 8.22. The lowest BCUT2D eigenvalue weighted by Crippen LogP contribution is -2.52. The molecule has 1 aromatic rings. The van der Waals surface area contributed by atoms with E-state index in [9.17, 15) is 24.6 Å². The van der Waals surface area contributed by atoms with Gasteiger partial charge in [0.2, 0.25) is 5.91 Å². The predicted octanol–water partition coefficient (Wildman–Crippen LogP) is 1.96. The van der Waals surface area contributed by atoms with Crippen molar-refractivity contribution in [1.29, 1.82) is 0 Å². The number of benzene rings is 1. The largest absolute Gasteiger partial charge is 0.504 e. The van der Waals surface area contributed by atoms with E-state index in [2.05, 4.69) is 10.6 Å². The molecule has 0 saturated carbocycles. The van der Waals surface area contributed by atoms with Crippen LogP contribution in [0.2, 0.25) is 0 Å². The molecule has 4 N–H and O–H groups in total. The third-order valence-electron chi connectivity index (χ3n) is 4.46. The van der Waals surface area contributed by atoms with Gasteiger partial charge in [-0.3, -0.25) is 9.59 Å². The van der Waals surface area contributed by atoms with E-state index in [0.717, 1.165) is 5.56 Å². The highest BCUT2D eigenvalue weighted by Gasteiger charge is 2.28. The second-order valence-corrected chi connectivity index (χ2v) is 10.1. The average molecular weight is 471 g/mol. The molecule has 2 atom stereocenters. The van der Waals surface area contributed by atoms with E-state index in [1.165, 1.54) is 26.0 Å². The van der Waals surface area contributed by atoms with Crippen molar-refractivity contribution in [3.63, 3.8) is 0 Å². The van der Waals surface area contributed by atoms with Crippen LogP contribution in [0, 0.1) is 0 Å². The molecule has 0 fully saturated rings. The Bertz CT molecular complexity index is 780. The summed E-state index contributed by atoms with van der Waals surface area (Å²) in [6, 6.07) is 3.23. The third-order valence-corrected chi connectivity index (χ3v) is 5.82. The third kappa shape index (κ3) is 10.2. The molecule has 9 nitrogen and oxygen atoms in total. The van der Waals surface area contributed by atoms with Gasteiger partial charge in [0.15, 0.2) is 11.5 Å². The van der Waals surface area contributed by atoms with Gasteiger partial charge in [-0.2, -0.15) is 11.8 Å². The van der Waals surface area contributed by atoms with Gasteiger partial charge in [-0.1, -0.05) is 26.8 Å². The van der Waals surface area contributed by atoms with Crippen LogP contribution in [0.25, 0.3) is 0 Å². The van der Waals surface area contributed by atoms with Crippen molar-refractivity contribution >= 4 is 29.6 Å².